The van der Waals surface area contributed by atoms with E-state index in [9.17, 15) is 4.79 Å². The maximum Gasteiger partial charge on any atom is 0.226 e. The van der Waals surface area contributed by atoms with Crippen LogP contribution in [0, 0.1) is 0 Å². The molecule has 5 nitrogen and oxygen atoms in total. The van der Waals surface area contributed by atoms with E-state index in [1.54, 1.807) is 24.3 Å². The minimum Gasteiger partial charge on any atom is -0.485 e. The summed E-state index contributed by atoms with van der Waals surface area (Å²) >= 11 is 0. The van der Waals surface area contributed by atoms with Crippen LogP contribution < -0.4 is 4.74 Å². The summed E-state index contributed by atoms with van der Waals surface area (Å²) in [5, 5.41) is 3.82. The summed E-state index contributed by atoms with van der Waals surface area (Å²) in [6, 6.07) is 6.86. The van der Waals surface area contributed by atoms with Gasteiger partial charge in [0, 0.05) is 12.0 Å². The number of hydrogen-bond donors (Lipinski definition) is 0. The zero-order valence-electron chi connectivity index (χ0n) is 10.1. The highest BCUT2D eigenvalue weighted by molar-refractivity contribution is 5.74. The number of nitrogens with zero attached hydrogens (tertiary/aromatic N) is 2. The van der Waals surface area contributed by atoms with Crippen LogP contribution in [0.4, 0.5) is 0 Å². The van der Waals surface area contributed by atoms with E-state index < -0.39 is 0 Å². The maximum atomic E-state index is 10.5. The smallest absolute Gasteiger partial charge is 0.226 e. The molecule has 0 fully saturated rings. The zero-order chi connectivity index (χ0) is 12.8. The van der Waals surface area contributed by atoms with Crippen LogP contribution >= 0.6 is 0 Å². The Hall–Kier alpha value is -2.17. The summed E-state index contributed by atoms with van der Waals surface area (Å²) in [6.07, 6.45) is 2.54. The molecular weight excluding hydrogens is 232 g/mol. The molecule has 2 rings (SSSR count). The predicted octanol–water partition coefficient (Wildman–Crippen LogP) is 2.41. The molecule has 0 N–H and O–H groups in total. The summed E-state index contributed by atoms with van der Waals surface area (Å²) < 4.78 is 10.5. The third kappa shape index (κ3) is 3.16. The Morgan fingerprint density at radius 1 is 1.33 bits per heavy atom. The Morgan fingerprint density at radius 2 is 2.11 bits per heavy atom. The second kappa shape index (κ2) is 5.95. The third-order valence-corrected chi connectivity index (χ3v) is 2.36. The number of aldehydes is 1. The lowest BCUT2D eigenvalue weighted by atomic mass is 10.2. The first kappa shape index (κ1) is 12.3. The number of aromatic nitrogens is 2. The van der Waals surface area contributed by atoms with Crippen LogP contribution in [0.25, 0.3) is 0 Å². The van der Waals surface area contributed by atoms with Gasteiger partial charge in [-0.2, -0.15) is 4.98 Å². The second-order valence-electron chi connectivity index (χ2n) is 3.83. The van der Waals surface area contributed by atoms with Crippen molar-refractivity contribution in [3.63, 3.8) is 0 Å². The van der Waals surface area contributed by atoms with Gasteiger partial charge < -0.3 is 9.26 Å². The van der Waals surface area contributed by atoms with Crippen molar-refractivity contribution in [2.45, 2.75) is 26.4 Å². The van der Waals surface area contributed by atoms with Gasteiger partial charge in [0.15, 0.2) is 6.61 Å². The molecule has 0 unspecified atom stereocenters. The number of carbonyl (C=O) groups is 1. The maximum absolute atomic E-state index is 10.5. The highest BCUT2D eigenvalue weighted by atomic mass is 16.5. The summed E-state index contributed by atoms with van der Waals surface area (Å²) in [4.78, 5) is 14.7. The number of aryl methyl sites for hydroxylation is 1. The molecular formula is C13H14N2O3. The van der Waals surface area contributed by atoms with Crippen molar-refractivity contribution in [3.05, 3.63) is 41.5 Å². The Morgan fingerprint density at radius 3 is 2.78 bits per heavy atom. The van der Waals surface area contributed by atoms with E-state index in [-0.39, 0.29) is 6.61 Å². The highest BCUT2D eigenvalue weighted by Gasteiger charge is 2.05. The summed E-state index contributed by atoms with van der Waals surface area (Å²) in [6.45, 7) is 2.31. The van der Waals surface area contributed by atoms with E-state index in [1.807, 2.05) is 0 Å². The van der Waals surface area contributed by atoms with Crippen LogP contribution in [0.1, 0.15) is 35.4 Å². The van der Waals surface area contributed by atoms with Gasteiger partial charge in [-0.05, 0) is 30.7 Å². The third-order valence-electron chi connectivity index (χ3n) is 2.36. The molecule has 0 atom stereocenters. The lowest BCUT2D eigenvalue weighted by Crippen LogP contribution is -1.98. The Balaban J connectivity index is 1.91. The average molecular weight is 246 g/mol. The fourth-order valence-electron chi connectivity index (χ4n) is 1.45. The van der Waals surface area contributed by atoms with E-state index >= 15 is 0 Å². The molecule has 5 heteroatoms. The number of benzene rings is 1. The largest absolute Gasteiger partial charge is 0.485 e. The molecule has 0 spiro atoms. The lowest BCUT2D eigenvalue weighted by Gasteiger charge is -2.02. The summed E-state index contributed by atoms with van der Waals surface area (Å²) in [5.41, 5.74) is 0.618. The summed E-state index contributed by atoms with van der Waals surface area (Å²) in [7, 11) is 0. The normalized spacial score (nSPS) is 10.3. The Kier molecular flexibility index (Phi) is 4.06. The lowest BCUT2D eigenvalue weighted by molar-refractivity contribution is 0.112. The van der Waals surface area contributed by atoms with E-state index in [2.05, 4.69) is 17.1 Å². The van der Waals surface area contributed by atoms with Gasteiger partial charge in [0.05, 0.1) is 0 Å². The molecule has 0 aliphatic heterocycles. The van der Waals surface area contributed by atoms with Crippen LogP contribution in [0.15, 0.2) is 28.8 Å². The quantitative estimate of drug-likeness (QED) is 0.732. The van der Waals surface area contributed by atoms with Crippen molar-refractivity contribution in [3.8, 4) is 5.75 Å². The molecule has 94 valence electrons. The van der Waals surface area contributed by atoms with Crippen molar-refractivity contribution in [2.75, 3.05) is 0 Å². The van der Waals surface area contributed by atoms with Gasteiger partial charge in [0.2, 0.25) is 11.7 Å². The molecule has 0 aliphatic rings. The SMILES string of the molecule is CCCc1nc(COc2ccc(C=O)cc2)no1. The molecule has 1 heterocycles. The molecule has 0 bridgehead atoms. The molecule has 18 heavy (non-hydrogen) atoms. The van der Waals surface area contributed by atoms with Gasteiger partial charge >= 0.3 is 0 Å². The first-order valence-electron chi connectivity index (χ1n) is 5.81. The van der Waals surface area contributed by atoms with Crippen LogP contribution in [0.2, 0.25) is 0 Å². The summed E-state index contributed by atoms with van der Waals surface area (Å²) in [5.74, 6) is 1.83. The van der Waals surface area contributed by atoms with Crippen LogP contribution in [0.5, 0.6) is 5.75 Å². The van der Waals surface area contributed by atoms with Crippen molar-refractivity contribution in [1.82, 2.24) is 10.1 Å². The molecule has 0 saturated heterocycles. The Labute approximate surface area is 105 Å². The van der Waals surface area contributed by atoms with Gasteiger partial charge in [-0.3, -0.25) is 4.79 Å². The average Bonchev–Trinajstić information content (AvgIpc) is 2.85. The van der Waals surface area contributed by atoms with Gasteiger partial charge in [-0.1, -0.05) is 12.1 Å². The van der Waals surface area contributed by atoms with Crippen molar-refractivity contribution in [2.24, 2.45) is 0 Å². The van der Waals surface area contributed by atoms with Crippen molar-refractivity contribution in [1.29, 1.82) is 0 Å². The van der Waals surface area contributed by atoms with Gasteiger partial charge in [-0.25, -0.2) is 0 Å². The van der Waals surface area contributed by atoms with Crippen LogP contribution in [-0.2, 0) is 13.0 Å². The first-order chi connectivity index (χ1) is 8.81. The number of rotatable bonds is 6. The van der Waals surface area contributed by atoms with Crippen LogP contribution in [0.3, 0.4) is 0 Å². The molecule has 0 aliphatic carbocycles. The van der Waals surface area contributed by atoms with Gasteiger partial charge in [0.1, 0.15) is 12.0 Å². The number of hydrogen-bond acceptors (Lipinski definition) is 5. The molecule has 0 amide bonds. The van der Waals surface area contributed by atoms with Gasteiger partial charge in [-0.15, -0.1) is 0 Å². The van der Waals surface area contributed by atoms with E-state index in [4.69, 9.17) is 9.26 Å². The fourth-order valence-corrected chi connectivity index (χ4v) is 1.45. The molecule has 1 aromatic carbocycles. The molecule has 1 aromatic heterocycles. The van der Waals surface area contributed by atoms with E-state index in [1.165, 1.54) is 0 Å². The standard InChI is InChI=1S/C13H14N2O3/c1-2-3-13-14-12(15-18-13)9-17-11-6-4-10(8-16)5-7-11/h4-8H,2-3,9H2,1H3. The monoisotopic (exact) mass is 246 g/mol. The molecule has 0 saturated carbocycles. The van der Waals surface area contributed by atoms with E-state index in [0.29, 0.717) is 23.0 Å². The number of carbonyl (C=O) groups excluding carboxylic acids is 1. The zero-order valence-corrected chi connectivity index (χ0v) is 10.1. The van der Waals surface area contributed by atoms with Crippen molar-refractivity contribution >= 4 is 6.29 Å². The predicted molar refractivity (Wildman–Crippen MR) is 64.5 cm³/mol. The minimum atomic E-state index is 0.258. The van der Waals surface area contributed by atoms with Crippen LogP contribution in [-0.4, -0.2) is 16.4 Å². The highest BCUT2D eigenvalue weighted by Crippen LogP contribution is 2.12. The number of ether oxygens (including phenoxy) is 1. The minimum absolute atomic E-state index is 0.258. The Bertz CT molecular complexity index is 505. The van der Waals surface area contributed by atoms with Gasteiger partial charge in [0.25, 0.3) is 0 Å². The fraction of sp³-hybridized carbons (Fsp3) is 0.308. The topological polar surface area (TPSA) is 65.2 Å². The molecule has 0 radical (unpaired) electrons. The second-order valence-corrected chi connectivity index (χ2v) is 3.83. The molecule has 2 aromatic rings. The first-order valence-corrected chi connectivity index (χ1v) is 5.81. The van der Waals surface area contributed by atoms with Crippen molar-refractivity contribution < 1.29 is 14.1 Å². The van der Waals surface area contributed by atoms with E-state index in [0.717, 1.165) is 19.1 Å².